The van der Waals surface area contributed by atoms with Gasteiger partial charge in [-0.15, -0.1) is 10.2 Å². The highest BCUT2D eigenvalue weighted by Crippen LogP contribution is 2.43. The van der Waals surface area contributed by atoms with Crippen molar-refractivity contribution in [3.63, 3.8) is 0 Å². The zero-order valence-electron chi connectivity index (χ0n) is 10.1. The first-order valence-corrected chi connectivity index (χ1v) is 7.38. The number of rotatable bonds is 1. The normalized spacial score (nSPS) is 14.8. The molecule has 0 aliphatic carbocycles. The highest BCUT2D eigenvalue weighted by atomic mass is 32.2. The summed E-state index contributed by atoms with van der Waals surface area (Å²) < 4.78 is 24.8. The van der Waals surface area contributed by atoms with Crippen molar-refractivity contribution in [3.8, 4) is 22.5 Å². The van der Waals surface area contributed by atoms with Gasteiger partial charge in [0, 0.05) is 16.7 Å². The van der Waals surface area contributed by atoms with Gasteiger partial charge < -0.3 is 0 Å². The minimum absolute atomic E-state index is 0.325. The summed E-state index contributed by atoms with van der Waals surface area (Å²) in [7, 11) is -3.41. The van der Waals surface area contributed by atoms with E-state index in [1.54, 1.807) is 36.4 Å². The number of fused-ring (bicyclic) bond motifs is 3. The highest BCUT2D eigenvalue weighted by molar-refractivity contribution is 7.92. The van der Waals surface area contributed by atoms with Crippen LogP contribution in [-0.2, 0) is 9.84 Å². The van der Waals surface area contributed by atoms with E-state index < -0.39 is 9.84 Å². The molecular formula is C13H8N4O2S. The molecule has 0 saturated carbocycles. The van der Waals surface area contributed by atoms with Crippen LogP contribution in [0.2, 0.25) is 0 Å². The summed E-state index contributed by atoms with van der Waals surface area (Å²) in [6.07, 6.45) is 0. The van der Waals surface area contributed by atoms with Crippen molar-refractivity contribution in [1.82, 2.24) is 20.6 Å². The molecule has 2 heterocycles. The number of nitrogens with one attached hydrogen (secondary N) is 1. The molecule has 0 spiro atoms. The van der Waals surface area contributed by atoms with E-state index in [-0.39, 0.29) is 0 Å². The Morgan fingerprint density at radius 1 is 0.950 bits per heavy atom. The maximum atomic E-state index is 12.4. The van der Waals surface area contributed by atoms with Crippen LogP contribution >= 0.6 is 0 Å². The Balaban J connectivity index is 2.04. The molecule has 0 radical (unpaired) electrons. The number of aromatic nitrogens is 4. The van der Waals surface area contributed by atoms with Crippen LogP contribution in [0.4, 0.5) is 0 Å². The molecule has 1 aliphatic heterocycles. The smallest absolute Gasteiger partial charge is 0.207 e. The first-order chi connectivity index (χ1) is 9.68. The molecule has 0 atom stereocenters. The Morgan fingerprint density at radius 2 is 1.75 bits per heavy atom. The van der Waals surface area contributed by atoms with Gasteiger partial charge in [-0.3, -0.25) is 0 Å². The molecule has 3 aromatic rings. The van der Waals surface area contributed by atoms with Crippen LogP contribution in [0.15, 0.2) is 52.3 Å². The molecule has 4 rings (SSSR count). The first-order valence-electron chi connectivity index (χ1n) is 5.90. The molecule has 1 aromatic heterocycles. The lowest BCUT2D eigenvalue weighted by Crippen LogP contribution is -1.96. The molecule has 0 amide bonds. The zero-order valence-corrected chi connectivity index (χ0v) is 10.9. The van der Waals surface area contributed by atoms with Gasteiger partial charge >= 0.3 is 0 Å². The summed E-state index contributed by atoms with van der Waals surface area (Å²) in [4.78, 5) is 0.672. The lowest BCUT2D eigenvalue weighted by atomic mass is 10.0. The van der Waals surface area contributed by atoms with Crippen molar-refractivity contribution < 1.29 is 8.42 Å². The Hall–Kier alpha value is -2.54. The van der Waals surface area contributed by atoms with Gasteiger partial charge in [-0.05, 0) is 29.5 Å². The summed E-state index contributed by atoms with van der Waals surface area (Å²) in [5, 5.41) is 13.7. The minimum atomic E-state index is -3.41. The zero-order chi connectivity index (χ0) is 13.7. The maximum absolute atomic E-state index is 12.4. The summed E-state index contributed by atoms with van der Waals surface area (Å²) >= 11 is 0. The second-order valence-corrected chi connectivity index (χ2v) is 6.33. The van der Waals surface area contributed by atoms with Crippen molar-refractivity contribution >= 4 is 9.84 Å². The second kappa shape index (κ2) is 3.73. The van der Waals surface area contributed by atoms with Gasteiger partial charge in [-0.25, -0.2) is 8.42 Å². The molecule has 0 saturated heterocycles. The predicted molar refractivity (Wildman–Crippen MR) is 70.5 cm³/mol. The lowest BCUT2D eigenvalue weighted by Gasteiger charge is -2.01. The molecule has 0 bridgehead atoms. The second-order valence-electron chi connectivity index (χ2n) is 4.45. The van der Waals surface area contributed by atoms with Crippen LogP contribution < -0.4 is 0 Å². The molecule has 2 aromatic carbocycles. The van der Waals surface area contributed by atoms with E-state index in [0.29, 0.717) is 26.7 Å². The number of hydrogen-bond donors (Lipinski definition) is 1. The molecule has 1 N–H and O–H groups in total. The van der Waals surface area contributed by atoms with E-state index in [1.807, 2.05) is 6.07 Å². The lowest BCUT2D eigenvalue weighted by molar-refractivity contribution is 0.598. The van der Waals surface area contributed by atoms with E-state index in [0.717, 1.165) is 5.56 Å². The summed E-state index contributed by atoms with van der Waals surface area (Å²) in [5.74, 6) is 0.439. The third-order valence-corrected chi connectivity index (χ3v) is 5.21. The number of H-pyrrole nitrogens is 1. The largest absolute Gasteiger partial charge is 0.218 e. The van der Waals surface area contributed by atoms with E-state index in [1.165, 1.54) is 0 Å². The Morgan fingerprint density at radius 3 is 2.55 bits per heavy atom. The fourth-order valence-electron chi connectivity index (χ4n) is 2.44. The van der Waals surface area contributed by atoms with Crippen LogP contribution in [0.3, 0.4) is 0 Å². The number of benzene rings is 2. The third-order valence-electron chi connectivity index (χ3n) is 3.34. The third kappa shape index (κ3) is 1.38. The van der Waals surface area contributed by atoms with Gasteiger partial charge in [-0.1, -0.05) is 18.2 Å². The van der Waals surface area contributed by atoms with Crippen molar-refractivity contribution in [3.05, 3.63) is 42.5 Å². The molecule has 1 aliphatic rings. The van der Waals surface area contributed by atoms with Gasteiger partial charge in [-0.2, -0.15) is 5.21 Å². The van der Waals surface area contributed by atoms with Gasteiger partial charge in [0.05, 0.1) is 9.79 Å². The van der Waals surface area contributed by atoms with Gasteiger partial charge in [0.15, 0.2) is 0 Å². The van der Waals surface area contributed by atoms with E-state index in [9.17, 15) is 8.42 Å². The monoisotopic (exact) mass is 284 g/mol. The van der Waals surface area contributed by atoms with Crippen molar-refractivity contribution in [2.24, 2.45) is 0 Å². The van der Waals surface area contributed by atoms with Gasteiger partial charge in [0.1, 0.15) is 0 Å². The van der Waals surface area contributed by atoms with Gasteiger partial charge in [0.2, 0.25) is 15.7 Å². The summed E-state index contributed by atoms with van der Waals surface area (Å²) in [5.41, 5.74) is 2.13. The predicted octanol–water partition coefficient (Wildman–Crippen LogP) is 1.68. The van der Waals surface area contributed by atoms with Gasteiger partial charge in [0.25, 0.3) is 0 Å². The molecule has 6 nitrogen and oxygen atoms in total. The number of aromatic amines is 1. The number of hydrogen-bond acceptors (Lipinski definition) is 5. The van der Waals surface area contributed by atoms with Crippen LogP contribution in [0.5, 0.6) is 0 Å². The Bertz CT molecular complexity index is 917. The van der Waals surface area contributed by atoms with Crippen LogP contribution in [0, 0.1) is 0 Å². The molecular weight excluding hydrogens is 276 g/mol. The average molecular weight is 284 g/mol. The van der Waals surface area contributed by atoms with Crippen molar-refractivity contribution in [2.45, 2.75) is 9.79 Å². The quantitative estimate of drug-likeness (QED) is 0.574. The fraction of sp³-hybridized carbons (Fsp3) is 0. The minimum Gasteiger partial charge on any atom is -0.218 e. The van der Waals surface area contributed by atoms with Crippen LogP contribution in [0.25, 0.3) is 22.5 Å². The topological polar surface area (TPSA) is 88.6 Å². The summed E-state index contributed by atoms with van der Waals surface area (Å²) in [6, 6.07) is 12.0. The average Bonchev–Trinajstić information content (AvgIpc) is 3.07. The van der Waals surface area contributed by atoms with Crippen LogP contribution in [0.1, 0.15) is 0 Å². The molecule has 0 fully saturated rings. The standard InChI is InChI=1S/C13H8N4O2S/c18-20(19)11-4-2-1-3-9(11)10-7-8(5-6-12(10)20)13-14-16-17-15-13/h1-7H,(H,14,15,16,17). The van der Waals surface area contributed by atoms with Crippen molar-refractivity contribution in [1.29, 1.82) is 0 Å². The first kappa shape index (κ1) is 11.3. The number of nitrogens with zero attached hydrogens (tertiary/aromatic N) is 3. The van der Waals surface area contributed by atoms with E-state index in [2.05, 4.69) is 20.6 Å². The molecule has 7 heteroatoms. The Kier molecular flexibility index (Phi) is 2.11. The highest BCUT2D eigenvalue weighted by Gasteiger charge is 2.32. The van der Waals surface area contributed by atoms with Crippen LogP contribution in [-0.4, -0.2) is 29.0 Å². The molecule has 0 unspecified atom stereocenters. The van der Waals surface area contributed by atoms with Crippen molar-refractivity contribution in [2.75, 3.05) is 0 Å². The molecule has 98 valence electrons. The summed E-state index contributed by atoms with van der Waals surface area (Å²) in [6.45, 7) is 0. The fourth-order valence-corrected chi connectivity index (χ4v) is 4.11. The maximum Gasteiger partial charge on any atom is 0.207 e. The SMILES string of the molecule is O=S1(=O)c2ccccc2-c2cc(-c3nn[nH]n3)ccc21. The molecule has 20 heavy (non-hydrogen) atoms. The Labute approximate surface area is 114 Å². The number of sulfone groups is 1. The number of tetrazole rings is 1. The van der Waals surface area contributed by atoms with E-state index in [4.69, 9.17) is 0 Å². The van der Waals surface area contributed by atoms with E-state index >= 15 is 0 Å².